The molecule has 104 valence electrons. The Bertz CT molecular complexity index is 637. The maximum Gasteiger partial charge on any atom is 0.167 e. The minimum Gasteiger partial charge on any atom is -0.490 e. The van der Waals surface area contributed by atoms with E-state index >= 15 is 0 Å². The Morgan fingerprint density at radius 2 is 1.95 bits per heavy atom. The highest BCUT2D eigenvalue weighted by atomic mass is 35.5. The average Bonchev–Trinajstić information content (AvgIpc) is 2.66. The number of anilines is 2. The van der Waals surface area contributed by atoms with E-state index in [1.165, 1.54) is 12.3 Å². The lowest BCUT2D eigenvalue weighted by molar-refractivity contribution is 0.297. The Kier molecular flexibility index (Phi) is 3.60. The largest absolute Gasteiger partial charge is 0.490 e. The maximum absolute atomic E-state index is 13.7. The molecule has 1 aromatic carbocycles. The van der Waals surface area contributed by atoms with E-state index in [1.54, 1.807) is 18.2 Å². The Hall–Kier alpha value is -2.01. The molecule has 0 spiro atoms. The minimum absolute atomic E-state index is 0.115. The average molecular weight is 295 g/mol. The molecular formula is C14H12ClFN2O2. The second kappa shape index (κ2) is 5.54. The number of pyridine rings is 1. The van der Waals surface area contributed by atoms with Gasteiger partial charge in [0.05, 0.1) is 18.2 Å². The minimum atomic E-state index is -0.510. The van der Waals surface area contributed by atoms with Crippen LogP contribution in [0.25, 0.3) is 0 Å². The first kappa shape index (κ1) is 13.0. The number of nitrogens with zero attached hydrogens (tertiary/aromatic N) is 1. The van der Waals surface area contributed by atoms with Gasteiger partial charge in [0.15, 0.2) is 23.1 Å². The van der Waals surface area contributed by atoms with Gasteiger partial charge in [-0.15, -0.1) is 0 Å². The number of halogens is 2. The van der Waals surface area contributed by atoms with Crippen LogP contribution in [0.1, 0.15) is 6.42 Å². The number of rotatable bonds is 2. The van der Waals surface area contributed by atoms with E-state index in [1.807, 2.05) is 0 Å². The predicted octanol–water partition coefficient (Wildman–Crippen LogP) is 3.78. The molecule has 20 heavy (non-hydrogen) atoms. The van der Waals surface area contributed by atoms with Crippen LogP contribution in [0.5, 0.6) is 11.5 Å². The van der Waals surface area contributed by atoms with Gasteiger partial charge >= 0.3 is 0 Å². The van der Waals surface area contributed by atoms with Crippen molar-refractivity contribution in [3.8, 4) is 11.5 Å². The zero-order valence-electron chi connectivity index (χ0n) is 10.5. The predicted molar refractivity (Wildman–Crippen MR) is 74.5 cm³/mol. The molecule has 0 saturated heterocycles. The van der Waals surface area contributed by atoms with E-state index in [2.05, 4.69) is 10.3 Å². The smallest absolute Gasteiger partial charge is 0.167 e. The highest BCUT2D eigenvalue weighted by Gasteiger charge is 2.12. The van der Waals surface area contributed by atoms with Crippen molar-refractivity contribution in [1.29, 1.82) is 0 Å². The van der Waals surface area contributed by atoms with Crippen LogP contribution < -0.4 is 14.8 Å². The van der Waals surface area contributed by atoms with Crippen LogP contribution in [0.4, 0.5) is 15.9 Å². The van der Waals surface area contributed by atoms with Crippen molar-refractivity contribution in [1.82, 2.24) is 4.98 Å². The van der Waals surface area contributed by atoms with Crippen LogP contribution >= 0.6 is 11.6 Å². The maximum atomic E-state index is 13.7. The lowest BCUT2D eigenvalue weighted by Gasteiger charge is -2.11. The number of hydrogen-bond acceptors (Lipinski definition) is 4. The lowest BCUT2D eigenvalue weighted by atomic mass is 10.2. The van der Waals surface area contributed by atoms with E-state index < -0.39 is 5.82 Å². The molecule has 1 aromatic heterocycles. The fraction of sp³-hybridized carbons (Fsp3) is 0.214. The monoisotopic (exact) mass is 294 g/mol. The molecule has 0 saturated carbocycles. The van der Waals surface area contributed by atoms with E-state index in [0.29, 0.717) is 30.4 Å². The van der Waals surface area contributed by atoms with Crippen LogP contribution in [0.15, 0.2) is 30.5 Å². The molecule has 1 N–H and O–H groups in total. The van der Waals surface area contributed by atoms with Crippen LogP contribution in [0, 0.1) is 5.82 Å². The zero-order chi connectivity index (χ0) is 13.9. The van der Waals surface area contributed by atoms with Gasteiger partial charge in [0.1, 0.15) is 0 Å². The molecule has 0 aliphatic carbocycles. The third kappa shape index (κ3) is 2.77. The SMILES string of the molecule is Fc1cc(Cl)cnc1Nc1ccc2c(c1)OCCCO2. The molecule has 0 fully saturated rings. The number of aromatic nitrogens is 1. The summed E-state index contributed by atoms with van der Waals surface area (Å²) in [4.78, 5) is 3.91. The molecule has 0 unspecified atom stereocenters. The summed E-state index contributed by atoms with van der Waals surface area (Å²) in [7, 11) is 0. The van der Waals surface area contributed by atoms with Gasteiger partial charge in [-0.25, -0.2) is 9.37 Å². The van der Waals surface area contributed by atoms with Crippen LogP contribution in [0.3, 0.4) is 0 Å². The molecule has 0 atom stereocenters. The normalized spacial score (nSPS) is 13.7. The number of benzene rings is 1. The first-order valence-electron chi connectivity index (χ1n) is 6.20. The van der Waals surface area contributed by atoms with Gasteiger partial charge in [0, 0.05) is 24.4 Å². The van der Waals surface area contributed by atoms with Crippen molar-refractivity contribution in [3.63, 3.8) is 0 Å². The first-order valence-corrected chi connectivity index (χ1v) is 6.58. The summed E-state index contributed by atoms with van der Waals surface area (Å²) in [6, 6.07) is 6.54. The summed E-state index contributed by atoms with van der Waals surface area (Å²) >= 11 is 5.67. The van der Waals surface area contributed by atoms with Crippen molar-refractivity contribution in [2.75, 3.05) is 18.5 Å². The van der Waals surface area contributed by atoms with E-state index in [0.717, 1.165) is 6.42 Å². The molecular weight excluding hydrogens is 283 g/mol. The second-order valence-corrected chi connectivity index (χ2v) is 4.76. The summed E-state index contributed by atoms with van der Waals surface area (Å²) < 4.78 is 24.8. The highest BCUT2D eigenvalue weighted by molar-refractivity contribution is 6.30. The molecule has 3 rings (SSSR count). The topological polar surface area (TPSA) is 43.4 Å². The fourth-order valence-corrected chi connectivity index (χ4v) is 2.03. The van der Waals surface area contributed by atoms with Gasteiger partial charge < -0.3 is 14.8 Å². The summed E-state index contributed by atoms with van der Waals surface area (Å²) in [5, 5.41) is 3.15. The highest BCUT2D eigenvalue weighted by Crippen LogP contribution is 2.33. The molecule has 0 amide bonds. The molecule has 2 aromatic rings. The summed E-state index contributed by atoms with van der Waals surface area (Å²) in [5.41, 5.74) is 0.669. The van der Waals surface area contributed by atoms with Crippen molar-refractivity contribution < 1.29 is 13.9 Å². The van der Waals surface area contributed by atoms with Crippen molar-refractivity contribution in [2.45, 2.75) is 6.42 Å². The van der Waals surface area contributed by atoms with Crippen LogP contribution in [0.2, 0.25) is 5.02 Å². The molecule has 4 nitrogen and oxygen atoms in total. The Morgan fingerprint density at radius 1 is 1.15 bits per heavy atom. The Balaban J connectivity index is 1.86. The summed E-state index contributed by atoms with van der Waals surface area (Å²) in [5.74, 6) is 0.938. The zero-order valence-corrected chi connectivity index (χ0v) is 11.3. The quantitative estimate of drug-likeness (QED) is 0.915. The Morgan fingerprint density at radius 3 is 2.75 bits per heavy atom. The van der Waals surface area contributed by atoms with E-state index in [4.69, 9.17) is 21.1 Å². The molecule has 1 aliphatic heterocycles. The lowest BCUT2D eigenvalue weighted by Crippen LogP contribution is -1.98. The molecule has 0 bridgehead atoms. The van der Waals surface area contributed by atoms with Gasteiger partial charge in [0.25, 0.3) is 0 Å². The van der Waals surface area contributed by atoms with Gasteiger partial charge in [-0.2, -0.15) is 0 Å². The van der Waals surface area contributed by atoms with Gasteiger partial charge in [-0.05, 0) is 18.2 Å². The van der Waals surface area contributed by atoms with Crippen molar-refractivity contribution in [3.05, 3.63) is 41.3 Å². The number of hydrogen-bond donors (Lipinski definition) is 1. The van der Waals surface area contributed by atoms with Gasteiger partial charge in [-0.3, -0.25) is 0 Å². The van der Waals surface area contributed by atoms with Gasteiger partial charge in [-0.1, -0.05) is 11.6 Å². The number of ether oxygens (including phenoxy) is 2. The fourth-order valence-electron chi connectivity index (χ4n) is 1.88. The molecule has 6 heteroatoms. The van der Waals surface area contributed by atoms with Crippen LogP contribution in [-0.2, 0) is 0 Å². The van der Waals surface area contributed by atoms with Gasteiger partial charge in [0.2, 0.25) is 0 Å². The summed E-state index contributed by atoms with van der Waals surface area (Å²) in [6.07, 6.45) is 2.22. The summed E-state index contributed by atoms with van der Waals surface area (Å²) in [6.45, 7) is 1.23. The number of fused-ring (bicyclic) bond motifs is 1. The first-order chi connectivity index (χ1) is 9.72. The number of nitrogens with one attached hydrogen (secondary N) is 1. The van der Waals surface area contributed by atoms with Crippen molar-refractivity contribution in [2.24, 2.45) is 0 Å². The van der Waals surface area contributed by atoms with Crippen LogP contribution in [-0.4, -0.2) is 18.2 Å². The molecule has 2 heterocycles. The second-order valence-electron chi connectivity index (χ2n) is 4.32. The molecule has 1 aliphatic rings. The van der Waals surface area contributed by atoms with E-state index in [9.17, 15) is 4.39 Å². The molecule has 0 radical (unpaired) electrons. The third-order valence-corrected chi connectivity index (χ3v) is 3.02. The standard InChI is InChI=1S/C14H12ClFN2O2/c15-9-6-11(16)14(17-8-9)18-10-2-3-12-13(7-10)20-5-1-4-19-12/h2-3,6-8H,1,4-5H2,(H,17,18). The van der Waals surface area contributed by atoms with E-state index in [-0.39, 0.29) is 10.8 Å². The third-order valence-electron chi connectivity index (χ3n) is 2.82. The van der Waals surface area contributed by atoms with Crippen molar-refractivity contribution >= 4 is 23.1 Å². The Labute approximate surface area is 120 Å².